The second-order valence-corrected chi connectivity index (χ2v) is 6.15. The first-order valence-corrected chi connectivity index (χ1v) is 7.05. The van der Waals surface area contributed by atoms with Crippen molar-refractivity contribution in [1.82, 2.24) is 5.32 Å². The molecule has 1 heterocycles. The van der Waals surface area contributed by atoms with E-state index in [1.54, 1.807) is 12.1 Å². The highest BCUT2D eigenvalue weighted by molar-refractivity contribution is 7.80. The summed E-state index contributed by atoms with van der Waals surface area (Å²) in [4.78, 5) is 13.8. The SMILES string of the molecule is CC(NC(=O)c1cccc(S)c1)c1ccc(Cl)s1. The van der Waals surface area contributed by atoms with Crippen LogP contribution in [0, 0.1) is 0 Å². The Morgan fingerprint density at radius 3 is 2.78 bits per heavy atom. The van der Waals surface area contributed by atoms with Gasteiger partial charge in [0.05, 0.1) is 10.4 Å². The second kappa shape index (κ2) is 5.78. The molecular formula is C13H12ClNOS2. The monoisotopic (exact) mass is 297 g/mol. The number of benzene rings is 1. The standard InChI is InChI=1S/C13H12ClNOS2/c1-8(11-5-6-12(14)18-11)15-13(16)9-3-2-4-10(17)7-9/h2-8,17H,1H3,(H,15,16). The zero-order valence-corrected chi connectivity index (χ0v) is 12.1. The highest BCUT2D eigenvalue weighted by Gasteiger charge is 2.13. The molecule has 1 unspecified atom stereocenters. The smallest absolute Gasteiger partial charge is 0.251 e. The van der Waals surface area contributed by atoms with Crippen LogP contribution in [0.2, 0.25) is 4.34 Å². The van der Waals surface area contributed by atoms with E-state index in [2.05, 4.69) is 17.9 Å². The van der Waals surface area contributed by atoms with E-state index < -0.39 is 0 Å². The molecule has 0 fully saturated rings. The molecule has 5 heteroatoms. The number of thiol groups is 1. The number of thiophene rings is 1. The van der Waals surface area contributed by atoms with Crippen LogP contribution < -0.4 is 5.32 Å². The number of hydrogen-bond donors (Lipinski definition) is 2. The Hall–Kier alpha value is -0.970. The lowest BCUT2D eigenvalue weighted by Gasteiger charge is -2.12. The van der Waals surface area contributed by atoms with Crippen molar-refractivity contribution in [1.29, 1.82) is 0 Å². The van der Waals surface area contributed by atoms with Gasteiger partial charge in [0.25, 0.3) is 5.91 Å². The van der Waals surface area contributed by atoms with Crippen LogP contribution in [0.15, 0.2) is 41.3 Å². The summed E-state index contributed by atoms with van der Waals surface area (Å²) < 4.78 is 0.725. The van der Waals surface area contributed by atoms with E-state index in [1.807, 2.05) is 31.2 Å². The molecule has 2 rings (SSSR count). The van der Waals surface area contributed by atoms with Gasteiger partial charge < -0.3 is 5.32 Å². The molecule has 1 N–H and O–H groups in total. The fraction of sp³-hybridized carbons (Fsp3) is 0.154. The van der Waals surface area contributed by atoms with Crippen molar-refractivity contribution < 1.29 is 4.79 Å². The molecule has 94 valence electrons. The molecule has 0 bridgehead atoms. The average molecular weight is 298 g/mol. The normalized spacial score (nSPS) is 12.2. The highest BCUT2D eigenvalue weighted by Crippen LogP contribution is 2.26. The van der Waals surface area contributed by atoms with Crippen LogP contribution in [-0.4, -0.2) is 5.91 Å². The zero-order chi connectivity index (χ0) is 13.1. The van der Waals surface area contributed by atoms with Crippen molar-refractivity contribution >= 4 is 41.5 Å². The van der Waals surface area contributed by atoms with Crippen LogP contribution in [-0.2, 0) is 0 Å². The van der Waals surface area contributed by atoms with Crippen LogP contribution in [0.1, 0.15) is 28.2 Å². The Kier molecular flexibility index (Phi) is 4.32. The van der Waals surface area contributed by atoms with E-state index in [-0.39, 0.29) is 11.9 Å². The molecule has 0 radical (unpaired) electrons. The molecule has 0 saturated carbocycles. The van der Waals surface area contributed by atoms with Crippen LogP contribution in [0.5, 0.6) is 0 Å². The highest BCUT2D eigenvalue weighted by atomic mass is 35.5. The first-order chi connectivity index (χ1) is 8.56. The Balaban J connectivity index is 2.08. The van der Waals surface area contributed by atoms with Gasteiger partial charge in [0, 0.05) is 15.3 Å². The van der Waals surface area contributed by atoms with Crippen LogP contribution in [0.4, 0.5) is 0 Å². The predicted octanol–water partition coefficient (Wildman–Crippen LogP) is 4.18. The maximum Gasteiger partial charge on any atom is 0.251 e. The first kappa shape index (κ1) is 13.5. The number of rotatable bonds is 3. The average Bonchev–Trinajstić information content (AvgIpc) is 2.76. The summed E-state index contributed by atoms with van der Waals surface area (Å²) in [5, 5.41) is 2.93. The molecule has 1 aromatic heterocycles. The van der Waals surface area contributed by atoms with Crippen molar-refractivity contribution in [3.63, 3.8) is 0 Å². The third-order valence-electron chi connectivity index (χ3n) is 2.48. The van der Waals surface area contributed by atoms with Gasteiger partial charge in [-0.25, -0.2) is 0 Å². The van der Waals surface area contributed by atoms with Gasteiger partial charge in [-0.2, -0.15) is 0 Å². The fourth-order valence-electron chi connectivity index (χ4n) is 1.56. The molecular weight excluding hydrogens is 286 g/mol. The number of nitrogens with one attached hydrogen (secondary N) is 1. The van der Waals surface area contributed by atoms with Crippen LogP contribution in [0.3, 0.4) is 0 Å². The Labute approximate surface area is 120 Å². The first-order valence-electron chi connectivity index (χ1n) is 5.41. The summed E-state index contributed by atoms with van der Waals surface area (Å²) >= 11 is 11.6. The number of halogens is 1. The van der Waals surface area contributed by atoms with Crippen LogP contribution in [0.25, 0.3) is 0 Å². The summed E-state index contributed by atoms with van der Waals surface area (Å²) in [7, 11) is 0. The fourth-order valence-corrected chi connectivity index (χ4v) is 2.85. The van der Waals surface area contributed by atoms with Gasteiger partial charge in [-0.1, -0.05) is 17.7 Å². The summed E-state index contributed by atoms with van der Waals surface area (Å²) in [6.45, 7) is 1.94. The van der Waals surface area contributed by atoms with Gasteiger partial charge in [0.2, 0.25) is 0 Å². The molecule has 0 aliphatic rings. The second-order valence-electron chi connectivity index (χ2n) is 3.89. The van der Waals surface area contributed by atoms with E-state index >= 15 is 0 Å². The quantitative estimate of drug-likeness (QED) is 0.818. The molecule has 0 saturated heterocycles. The Morgan fingerprint density at radius 1 is 1.39 bits per heavy atom. The zero-order valence-electron chi connectivity index (χ0n) is 9.68. The van der Waals surface area contributed by atoms with Crippen molar-refractivity contribution in [2.45, 2.75) is 17.9 Å². The lowest BCUT2D eigenvalue weighted by Crippen LogP contribution is -2.26. The topological polar surface area (TPSA) is 29.1 Å². The van der Waals surface area contributed by atoms with Crippen molar-refractivity contribution in [3.8, 4) is 0 Å². The van der Waals surface area contributed by atoms with E-state index in [0.717, 1.165) is 14.1 Å². The summed E-state index contributed by atoms with van der Waals surface area (Å²) in [6, 6.07) is 10.9. The minimum atomic E-state index is -0.108. The van der Waals surface area contributed by atoms with E-state index in [1.165, 1.54) is 11.3 Å². The lowest BCUT2D eigenvalue weighted by atomic mass is 10.2. The molecule has 2 nitrogen and oxygen atoms in total. The van der Waals surface area contributed by atoms with Crippen molar-refractivity contribution in [3.05, 3.63) is 51.2 Å². The van der Waals surface area contributed by atoms with Gasteiger partial charge in [0.15, 0.2) is 0 Å². The number of amides is 1. The Morgan fingerprint density at radius 2 is 2.17 bits per heavy atom. The molecule has 1 aromatic carbocycles. The predicted molar refractivity (Wildman–Crippen MR) is 78.9 cm³/mol. The van der Waals surface area contributed by atoms with E-state index in [0.29, 0.717) is 5.56 Å². The van der Waals surface area contributed by atoms with Crippen molar-refractivity contribution in [2.75, 3.05) is 0 Å². The summed E-state index contributed by atoms with van der Waals surface area (Å²) in [5.74, 6) is -0.108. The third kappa shape index (κ3) is 3.28. The minimum absolute atomic E-state index is 0.0569. The number of carbonyl (C=O) groups excluding carboxylic acids is 1. The summed E-state index contributed by atoms with van der Waals surface area (Å²) in [5.41, 5.74) is 0.608. The van der Waals surface area contributed by atoms with E-state index in [9.17, 15) is 4.79 Å². The van der Waals surface area contributed by atoms with Gasteiger partial charge in [0.1, 0.15) is 0 Å². The minimum Gasteiger partial charge on any atom is -0.345 e. The van der Waals surface area contributed by atoms with Gasteiger partial charge >= 0.3 is 0 Å². The third-order valence-corrected chi connectivity index (χ3v) is 4.17. The van der Waals surface area contributed by atoms with Crippen molar-refractivity contribution in [2.24, 2.45) is 0 Å². The number of hydrogen-bond acceptors (Lipinski definition) is 3. The largest absolute Gasteiger partial charge is 0.345 e. The number of carbonyl (C=O) groups is 1. The molecule has 2 aromatic rings. The summed E-state index contributed by atoms with van der Waals surface area (Å²) in [6.07, 6.45) is 0. The van der Waals surface area contributed by atoms with E-state index in [4.69, 9.17) is 11.6 Å². The maximum absolute atomic E-state index is 12.0. The molecule has 0 spiro atoms. The van der Waals surface area contributed by atoms with Gasteiger partial charge in [-0.15, -0.1) is 24.0 Å². The van der Waals surface area contributed by atoms with Gasteiger partial charge in [-0.3, -0.25) is 4.79 Å². The van der Waals surface area contributed by atoms with Crippen LogP contribution >= 0.6 is 35.6 Å². The lowest BCUT2D eigenvalue weighted by molar-refractivity contribution is 0.0940. The molecule has 18 heavy (non-hydrogen) atoms. The molecule has 1 atom stereocenters. The molecule has 0 aliphatic heterocycles. The molecule has 1 amide bonds. The maximum atomic E-state index is 12.0. The molecule has 0 aliphatic carbocycles. The Bertz CT molecular complexity index is 568. The van der Waals surface area contributed by atoms with Gasteiger partial charge in [-0.05, 0) is 37.3 Å².